The average molecular weight is 214 g/mol. The smallest absolute Gasteiger partial charge is 0.0681 e. The maximum absolute atomic E-state index is 9.01. The molecule has 2 nitrogen and oxygen atoms in total. The molecule has 1 heterocycles. The van der Waals surface area contributed by atoms with Crippen LogP contribution in [0, 0.1) is 17.2 Å². The van der Waals surface area contributed by atoms with Gasteiger partial charge in [-0.05, 0) is 37.5 Å². The minimum Gasteiger partial charge on any atom is -0.367 e. The Morgan fingerprint density at radius 2 is 2.06 bits per heavy atom. The van der Waals surface area contributed by atoms with E-state index in [0.29, 0.717) is 6.04 Å². The van der Waals surface area contributed by atoms with Crippen molar-refractivity contribution in [2.45, 2.75) is 32.7 Å². The summed E-state index contributed by atoms with van der Waals surface area (Å²) in [7, 11) is 0. The Morgan fingerprint density at radius 3 is 2.56 bits per heavy atom. The third-order valence-electron chi connectivity index (χ3n) is 3.60. The molecular weight excluding hydrogens is 196 g/mol. The number of hydrogen-bond donors (Lipinski definition) is 0. The Labute approximate surface area is 97.5 Å². The summed E-state index contributed by atoms with van der Waals surface area (Å²) in [6, 6.07) is 11.5. The molecule has 84 valence electrons. The number of hydrogen-bond acceptors (Lipinski definition) is 2. The number of rotatable bonds is 2. The van der Waals surface area contributed by atoms with E-state index in [0.717, 1.165) is 19.4 Å². The molecule has 1 aromatic carbocycles. The van der Waals surface area contributed by atoms with Crippen molar-refractivity contribution in [3.8, 4) is 6.07 Å². The maximum atomic E-state index is 9.01. The first-order valence-corrected chi connectivity index (χ1v) is 6.01. The molecule has 1 fully saturated rings. The molecule has 1 aliphatic rings. The Balaban J connectivity index is 2.16. The second-order valence-electron chi connectivity index (χ2n) is 4.48. The summed E-state index contributed by atoms with van der Waals surface area (Å²) in [4.78, 5) is 2.34. The highest BCUT2D eigenvalue weighted by Gasteiger charge is 2.30. The summed E-state index contributed by atoms with van der Waals surface area (Å²) >= 11 is 0. The van der Waals surface area contributed by atoms with Gasteiger partial charge in [-0.2, -0.15) is 5.26 Å². The van der Waals surface area contributed by atoms with Crippen LogP contribution in [-0.2, 0) is 6.42 Å². The lowest BCUT2D eigenvalue weighted by molar-refractivity contribution is 0.615. The van der Waals surface area contributed by atoms with Crippen molar-refractivity contribution in [1.82, 2.24) is 0 Å². The van der Waals surface area contributed by atoms with Crippen molar-refractivity contribution in [2.75, 3.05) is 11.4 Å². The van der Waals surface area contributed by atoms with E-state index >= 15 is 0 Å². The normalized spacial score (nSPS) is 24.4. The predicted molar refractivity (Wildman–Crippen MR) is 66.3 cm³/mol. The lowest BCUT2D eigenvalue weighted by Gasteiger charge is -2.24. The van der Waals surface area contributed by atoms with Crippen LogP contribution in [-0.4, -0.2) is 12.6 Å². The number of benzene rings is 1. The molecule has 1 saturated heterocycles. The summed E-state index contributed by atoms with van der Waals surface area (Å²) in [5.74, 6) is 0.186. The van der Waals surface area contributed by atoms with Gasteiger partial charge in [0, 0.05) is 18.3 Å². The zero-order valence-electron chi connectivity index (χ0n) is 9.98. The minimum atomic E-state index is 0.186. The largest absolute Gasteiger partial charge is 0.367 e. The molecule has 0 N–H and O–H groups in total. The molecule has 0 amide bonds. The Bertz CT molecular complexity index is 388. The summed E-state index contributed by atoms with van der Waals surface area (Å²) in [6.07, 6.45) is 2.07. The van der Waals surface area contributed by atoms with Gasteiger partial charge in [0.25, 0.3) is 0 Å². The molecule has 16 heavy (non-hydrogen) atoms. The molecule has 0 bridgehead atoms. The van der Waals surface area contributed by atoms with Crippen LogP contribution in [0.2, 0.25) is 0 Å². The third-order valence-corrected chi connectivity index (χ3v) is 3.60. The van der Waals surface area contributed by atoms with Crippen LogP contribution in [0.5, 0.6) is 0 Å². The number of nitrogens with zero attached hydrogens (tertiary/aromatic N) is 2. The monoisotopic (exact) mass is 214 g/mol. The molecule has 2 unspecified atom stereocenters. The van der Waals surface area contributed by atoms with Gasteiger partial charge < -0.3 is 4.90 Å². The van der Waals surface area contributed by atoms with E-state index in [2.05, 4.69) is 49.1 Å². The average Bonchev–Trinajstić information content (AvgIpc) is 2.70. The van der Waals surface area contributed by atoms with Gasteiger partial charge in [-0.3, -0.25) is 0 Å². The number of anilines is 1. The topological polar surface area (TPSA) is 27.0 Å². The standard InChI is InChI=1S/C14H18N2/c1-3-12-4-6-14(7-5-12)16-9-8-13(10-15)11(16)2/h4-7,11,13H,3,8-9H2,1-2H3. The van der Waals surface area contributed by atoms with E-state index in [4.69, 9.17) is 5.26 Å². The van der Waals surface area contributed by atoms with Gasteiger partial charge in [0.15, 0.2) is 0 Å². The van der Waals surface area contributed by atoms with E-state index in [1.165, 1.54) is 11.3 Å². The van der Waals surface area contributed by atoms with Crippen LogP contribution in [0.15, 0.2) is 24.3 Å². The van der Waals surface area contributed by atoms with E-state index < -0.39 is 0 Å². The molecule has 2 heteroatoms. The van der Waals surface area contributed by atoms with E-state index in [1.807, 2.05) is 0 Å². The maximum Gasteiger partial charge on any atom is 0.0681 e. The Kier molecular flexibility index (Phi) is 3.14. The number of aryl methyl sites for hydroxylation is 1. The van der Waals surface area contributed by atoms with Gasteiger partial charge in [0.05, 0.1) is 12.0 Å². The zero-order chi connectivity index (χ0) is 11.5. The molecule has 0 aromatic heterocycles. The lowest BCUT2D eigenvalue weighted by atomic mass is 10.0. The van der Waals surface area contributed by atoms with Crippen molar-refractivity contribution < 1.29 is 0 Å². The highest BCUT2D eigenvalue weighted by molar-refractivity contribution is 5.50. The van der Waals surface area contributed by atoms with E-state index in [9.17, 15) is 0 Å². The quantitative estimate of drug-likeness (QED) is 0.756. The van der Waals surface area contributed by atoms with Gasteiger partial charge in [-0.15, -0.1) is 0 Å². The van der Waals surface area contributed by atoms with Crippen LogP contribution in [0.4, 0.5) is 5.69 Å². The van der Waals surface area contributed by atoms with Crippen molar-refractivity contribution in [1.29, 1.82) is 5.26 Å². The Hall–Kier alpha value is -1.49. The first-order chi connectivity index (χ1) is 7.76. The molecule has 0 saturated carbocycles. The van der Waals surface area contributed by atoms with E-state index in [1.54, 1.807) is 0 Å². The van der Waals surface area contributed by atoms with Crippen molar-refractivity contribution in [2.24, 2.45) is 5.92 Å². The van der Waals surface area contributed by atoms with Gasteiger partial charge in [-0.1, -0.05) is 19.1 Å². The van der Waals surface area contributed by atoms with Gasteiger partial charge in [0.1, 0.15) is 0 Å². The van der Waals surface area contributed by atoms with Crippen LogP contribution >= 0.6 is 0 Å². The molecule has 1 aromatic rings. The van der Waals surface area contributed by atoms with Crippen molar-refractivity contribution in [3.05, 3.63) is 29.8 Å². The minimum absolute atomic E-state index is 0.186. The van der Waals surface area contributed by atoms with Crippen LogP contribution in [0.25, 0.3) is 0 Å². The van der Waals surface area contributed by atoms with Crippen LogP contribution in [0.3, 0.4) is 0 Å². The number of nitriles is 1. The molecule has 2 rings (SSSR count). The molecular formula is C14H18N2. The first kappa shape index (κ1) is 11.0. The second-order valence-corrected chi connectivity index (χ2v) is 4.48. The first-order valence-electron chi connectivity index (χ1n) is 6.01. The fraction of sp³-hybridized carbons (Fsp3) is 0.500. The summed E-state index contributed by atoms with van der Waals surface area (Å²) in [5.41, 5.74) is 2.62. The summed E-state index contributed by atoms with van der Waals surface area (Å²) in [6.45, 7) is 5.32. The summed E-state index contributed by atoms with van der Waals surface area (Å²) < 4.78 is 0. The molecule has 2 atom stereocenters. The van der Waals surface area contributed by atoms with Crippen molar-refractivity contribution >= 4 is 5.69 Å². The van der Waals surface area contributed by atoms with E-state index in [-0.39, 0.29) is 5.92 Å². The van der Waals surface area contributed by atoms with Crippen LogP contribution in [0.1, 0.15) is 25.8 Å². The van der Waals surface area contributed by atoms with Gasteiger partial charge in [0.2, 0.25) is 0 Å². The second kappa shape index (κ2) is 4.57. The zero-order valence-corrected chi connectivity index (χ0v) is 9.98. The fourth-order valence-electron chi connectivity index (χ4n) is 2.40. The van der Waals surface area contributed by atoms with Gasteiger partial charge in [-0.25, -0.2) is 0 Å². The molecule has 1 aliphatic heterocycles. The van der Waals surface area contributed by atoms with Crippen LogP contribution < -0.4 is 4.90 Å². The molecule has 0 radical (unpaired) electrons. The predicted octanol–water partition coefficient (Wildman–Crippen LogP) is 2.99. The third kappa shape index (κ3) is 1.90. The van der Waals surface area contributed by atoms with Crippen molar-refractivity contribution in [3.63, 3.8) is 0 Å². The molecule has 0 spiro atoms. The SMILES string of the molecule is CCc1ccc(N2CCC(C#N)C2C)cc1. The highest BCUT2D eigenvalue weighted by Crippen LogP contribution is 2.29. The highest BCUT2D eigenvalue weighted by atomic mass is 15.2. The summed E-state index contributed by atoms with van der Waals surface area (Å²) in [5, 5.41) is 9.01. The molecule has 0 aliphatic carbocycles. The van der Waals surface area contributed by atoms with Gasteiger partial charge >= 0.3 is 0 Å². The fourth-order valence-corrected chi connectivity index (χ4v) is 2.40. The Morgan fingerprint density at radius 1 is 1.38 bits per heavy atom. The lowest BCUT2D eigenvalue weighted by Crippen LogP contribution is -2.29.